The van der Waals surface area contributed by atoms with E-state index in [0.29, 0.717) is 0 Å². The lowest BCUT2D eigenvalue weighted by molar-refractivity contribution is 0.747. The average molecular weight is 188 g/mol. The number of hydrogen-bond acceptors (Lipinski definition) is 1. The Morgan fingerprint density at radius 1 is 1.38 bits per heavy atom. The van der Waals surface area contributed by atoms with Crippen LogP contribution < -0.4 is 0 Å². The summed E-state index contributed by atoms with van der Waals surface area (Å²) in [6.45, 7) is 2.34. The third-order valence-corrected chi connectivity index (χ3v) is 3.97. The van der Waals surface area contributed by atoms with Gasteiger partial charge in [-0.1, -0.05) is 6.92 Å². The largest absolute Gasteiger partial charge is 0.144 e. The predicted molar refractivity (Wildman–Crippen MR) is 58.6 cm³/mol. The highest BCUT2D eigenvalue weighted by molar-refractivity contribution is 7.17. The molecule has 1 atom stereocenters. The fraction of sp³-hybridized carbons (Fsp3) is 0.333. The van der Waals surface area contributed by atoms with Gasteiger partial charge >= 0.3 is 0 Å². The molecule has 1 aliphatic carbocycles. The zero-order chi connectivity index (χ0) is 8.84. The summed E-state index contributed by atoms with van der Waals surface area (Å²) in [4.78, 5) is 0. The molecular formula is C12H12S. The molecule has 1 aromatic heterocycles. The van der Waals surface area contributed by atoms with Gasteiger partial charge in [0.25, 0.3) is 0 Å². The molecule has 0 saturated heterocycles. The first-order valence-corrected chi connectivity index (χ1v) is 5.72. The Kier molecular flexibility index (Phi) is 1.50. The van der Waals surface area contributed by atoms with Crippen LogP contribution in [0.2, 0.25) is 0 Å². The second-order valence-corrected chi connectivity index (χ2v) is 4.90. The molecule has 2 aromatic rings. The van der Waals surface area contributed by atoms with Gasteiger partial charge in [0.05, 0.1) is 0 Å². The molecule has 0 radical (unpaired) electrons. The van der Waals surface area contributed by atoms with Crippen molar-refractivity contribution in [1.29, 1.82) is 0 Å². The summed E-state index contributed by atoms with van der Waals surface area (Å²) in [6.07, 6.45) is 2.62. The van der Waals surface area contributed by atoms with E-state index in [9.17, 15) is 0 Å². The molecule has 0 amide bonds. The third-order valence-electron chi connectivity index (χ3n) is 3.09. The van der Waals surface area contributed by atoms with Gasteiger partial charge in [-0.15, -0.1) is 11.3 Å². The van der Waals surface area contributed by atoms with Crippen LogP contribution in [0.4, 0.5) is 0 Å². The summed E-state index contributed by atoms with van der Waals surface area (Å²) in [5, 5.41) is 3.61. The molecule has 3 rings (SSSR count). The second-order valence-electron chi connectivity index (χ2n) is 3.95. The van der Waals surface area contributed by atoms with Gasteiger partial charge in [-0.2, -0.15) is 0 Å². The van der Waals surface area contributed by atoms with E-state index in [0.717, 1.165) is 5.92 Å². The maximum atomic E-state index is 2.39. The first-order valence-electron chi connectivity index (χ1n) is 4.84. The van der Waals surface area contributed by atoms with E-state index >= 15 is 0 Å². The van der Waals surface area contributed by atoms with Crippen molar-refractivity contribution in [3.05, 3.63) is 34.7 Å². The second kappa shape index (κ2) is 2.58. The highest BCUT2D eigenvalue weighted by Crippen LogP contribution is 2.36. The SMILES string of the molecule is C[C@H]1CCc2cc3sccc3cc21. The third kappa shape index (κ3) is 1.03. The summed E-state index contributed by atoms with van der Waals surface area (Å²) in [7, 11) is 0. The highest BCUT2D eigenvalue weighted by Gasteiger charge is 2.18. The van der Waals surface area contributed by atoms with Gasteiger partial charge in [0.2, 0.25) is 0 Å². The first kappa shape index (κ1) is 7.57. The highest BCUT2D eigenvalue weighted by atomic mass is 32.1. The van der Waals surface area contributed by atoms with E-state index in [2.05, 4.69) is 30.5 Å². The standard InChI is InChI=1S/C12H12S/c1-8-2-3-9-7-12-10(4-5-13-12)6-11(8)9/h4-8H,2-3H2,1H3/t8-/m0/s1. The van der Waals surface area contributed by atoms with Crippen LogP contribution in [0.3, 0.4) is 0 Å². The van der Waals surface area contributed by atoms with E-state index in [1.165, 1.54) is 22.9 Å². The molecule has 1 aromatic carbocycles. The Morgan fingerprint density at radius 2 is 2.31 bits per heavy atom. The number of hydrogen-bond donors (Lipinski definition) is 0. The van der Waals surface area contributed by atoms with Crippen LogP contribution in [0.1, 0.15) is 30.4 Å². The minimum Gasteiger partial charge on any atom is -0.144 e. The molecule has 0 fully saturated rings. The maximum absolute atomic E-state index is 2.39. The van der Waals surface area contributed by atoms with E-state index in [-0.39, 0.29) is 0 Å². The van der Waals surface area contributed by atoms with Crippen molar-refractivity contribution < 1.29 is 0 Å². The lowest BCUT2D eigenvalue weighted by Gasteiger charge is -2.03. The molecule has 0 unspecified atom stereocenters. The Hall–Kier alpha value is -0.820. The van der Waals surface area contributed by atoms with Gasteiger partial charge in [0, 0.05) is 4.70 Å². The molecule has 66 valence electrons. The maximum Gasteiger partial charge on any atom is 0.0345 e. The van der Waals surface area contributed by atoms with Crippen LogP contribution >= 0.6 is 11.3 Å². The molecule has 0 N–H and O–H groups in total. The quantitative estimate of drug-likeness (QED) is 0.587. The van der Waals surface area contributed by atoms with Crippen LogP contribution in [0, 0.1) is 0 Å². The molecule has 13 heavy (non-hydrogen) atoms. The molecule has 1 heterocycles. The molecule has 0 nitrogen and oxygen atoms in total. The summed E-state index contributed by atoms with van der Waals surface area (Å²) in [5.74, 6) is 0.777. The lowest BCUT2D eigenvalue weighted by atomic mass is 10.0. The van der Waals surface area contributed by atoms with Gasteiger partial charge in [-0.3, -0.25) is 0 Å². The molecular weight excluding hydrogens is 176 g/mol. The molecule has 1 heteroatoms. The van der Waals surface area contributed by atoms with Crippen molar-refractivity contribution in [2.24, 2.45) is 0 Å². The fourth-order valence-corrected chi connectivity index (χ4v) is 3.11. The van der Waals surface area contributed by atoms with Crippen molar-refractivity contribution in [3.8, 4) is 0 Å². The minimum atomic E-state index is 0.777. The predicted octanol–water partition coefficient (Wildman–Crippen LogP) is 3.95. The van der Waals surface area contributed by atoms with E-state index < -0.39 is 0 Å². The normalized spacial score (nSPS) is 20.8. The van der Waals surface area contributed by atoms with Crippen LogP contribution in [0.5, 0.6) is 0 Å². The van der Waals surface area contributed by atoms with Gasteiger partial charge in [-0.25, -0.2) is 0 Å². The van der Waals surface area contributed by atoms with Gasteiger partial charge < -0.3 is 0 Å². The van der Waals surface area contributed by atoms with Crippen molar-refractivity contribution >= 4 is 21.4 Å². The molecule has 0 bridgehead atoms. The summed E-state index contributed by atoms with van der Waals surface area (Å²) >= 11 is 1.85. The number of aryl methyl sites for hydroxylation is 1. The van der Waals surface area contributed by atoms with Gasteiger partial charge in [0.1, 0.15) is 0 Å². The van der Waals surface area contributed by atoms with Crippen molar-refractivity contribution in [3.63, 3.8) is 0 Å². The van der Waals surface area contributed by atoms with E-state index in [1.807, 2.05) is 11.3 Å². The monoisotopic (exact) mass is 188 g/mol. The van der Waals surface area contributed by atoms with Crippen LogP contribution in [-0.2, 0) is 6.42 Å². The summed E-state index contributed by atoms with van der Waals surface area (Å²) in [5.41, 5.74) is 3.17. The Labute approximate surface area is 82.2 Å². The summed E-state index contributed by atoms with van der Waals surface area (Å²) in [6, 6.07) is 7.00. The Morgan fingerprint density at radius 3 is 3.23 bits per heavy atom. The summed E-state index contributed by atoms with van der Waals surface area (Å²) < 4.78 is 1.45. The zero-order valence-electron chi connectivity index (χ0n) is 7.71. The first-order chi connectivity index (χ1) is 6.34. The van der Waals surface area contributed by atoms with Gasteiger partial charge in [-0.05, 0) is 58.9 Å². The lowest BCUT2D eigenvalue weighted by Crippen LogP contribution is -1.84. The zero-order valence-corrected chi connectivity index (χ0v) is 8.53. The fourth-order valence-electron chi connectivity index (χ4n) is 2.27. The minimum absolute atomic E-state index is 0.777. The number of fused-ring (bicyclic) bond motifs is 2. The van der Waals surface area contributed by atoms with E-state index in [1.54, 1.807) is 11.1 Å². The van der Waals surface area contributed by atoms with E-state index in [4.69, 9.17) is 0 Å². The van der Waals surface area contributed by atoms with Gasteiger partial charge in [0.15, 0.2) is 0 Å². The Bertz CT molecular complexity index is 453. The van der Waals surface area contributed by atoms with Crippen LogP contribution in [0.25, 0.3) is 10.1 Å². The molecule has 0 saturated carbocycles. The molecule has 1 aliphatic rings. The average Bonchev–Trinajstić information content (AvgIpc) is 2.70. The number of rotatable bonds is 0. The number of thiophene rings is 1. The smallest absolute Gasteiger partial charge is 0.0345 e. The Balaban J connectivity index is 2.34. The number of benzene rings is 1. The van der Waals surface area contributed by atoms with Crippen molar-refractivity contribution in [2.75, 3.05) is 0 Å². The van der Waals surface area contributed by atoms with Crippen molar-refractivity contribution in [1.82, 2.24) is 0 Å². The topological polar surface area (TPSA) is 0 Å². The van der Waals surface area contributed by atoms with Crippen molar-refractivity contribution in [2.45, 2.75) is 25.7 Å². The van der Waals surface area contributed by atoms with Crippen LogP contribution in [0.15, 0.2) is 23.6 Å². The molecule has 0 spiro atoms. The molecule has 0 aliphatic heterocycles. The van der Waals surface area contributed by atoms with Crippen LogP contribution in [-0.4, -0.2) is 0 Å².